The van der Waals surface area contributed by atoms with E-state index in [1.54, 1.807) is 12.3 Å². The maximum Gasteiger partial charge on any atom is 0.252 e. The van der Waals surface area contributed by atoms with Gasteiger partial charge in [-0.15, -0.1) is 0 Å². The number of rotatable bonds is 5. The molecule has 0 spiro atoms. The van der Waals surface area contributed by atoms with Crippen LogP contribution >= 0.6 is 0 Å². The first kappa shape index (κ1) is 18.8. The number of ether oxygens (including phenoxy) is 1. The van der Waals surface area contributed by atoms with E-state index >= 15 is 0 Å². The van der Waals surface area contributed by atoms with Crippen LogP contribution in [0.2, 0.25) is 0 Å². The summed E-state index contributed by atoms with van der Waals surface area (Å²) in [7, 11) is 0. The number of nitrogens with zero attached hydrogens (tertiary/aromatic N) is 2. The van der Waals surface area contributed by atoms with E-state index in [2.05, 4.69) is 15.3 Å². The second-order valence-corrected chi connectivity index (χ2v) is 7.12. The molecule has 3 aromatic carbocycles. The Morgan fingerprint density at radius 1 is 0.806 bits per heavy atom. The van der Waals surface area contributed by atoms with Crippen LogP contribution in [0.25, 0.3) is 21.8 Å². The third kappa shape index (κ3) is 3.94. The Balaban J connectivity index is 1.41. The molecule has 5 nitrogen and oxygen atoms in total. The predicted octanol–water partition coefficient (Wildman–Crippen LogP) is 5.51. The molecule has 5 aromatic rings. The van der Waals surface area contributed by atoms with Gasteiger partial charge < -0.3 is 10.1 Å². The molecule has 31 heavy (non-hydrogen) atoms. The summed E-state index contributed by atoms with van der Waals surface area (Å²) in [5, 5.41) is 4.73. The fourth-order valence-corrected chi connectivity index (χ4v) is 3.60. The molecule has 0 atom stereocenters. The minimum absolute atomic E-state index is 0.133. The standard InChI is InChI=1S/C26H19N3O2/c30-26(25-20-10-1-3-12-22(20)29-23-13-4-2-11-21(23)25)28-17-18-8-7-9-19(16-18)31-24-14-5-6-15-27-24/h1-16H,17H2,(H,28,30). The lowest BCUT2D eigenvalue weighted by atomic mass is 10.0. The zero-order chi connectivity index (χ0) is 21.0. The topological polar surface area (TPSA) is 64.1 Å². The molecule has 1 amide bonds. The lowest BCUT2D eigenvalue weighted by Gasteiger charge is -2.12. The smallest absolute Gasteiger partial charge is 0.252 e. The number of aromatic nitrogens is 2. The molecule has 5 heteroatoms. The number of benzene rings is 3. The SMILES string of the molecule is O=C(NCc1cccc(Oc2ccccn2)c1)c1c2ccccc2nc2ccccc12. The maximum absolute atomic E-state index is 13.2. The van der Waals surface area contributed by atoms with Crippen molar-refractivity contribution >= 4 is 27.7 Å². The van der Waals surface area contributed by atoms with Gasteiger partial charge in [0, 0.05) is 29.6 Å². The Hall–Kier alpha value is -4.25. The van der Waals surface area contributed by atoms with Gasteiger partial charge >= 0.3 is 0 Å². The van der Waals surface area contributed by atoms with Crippen LogP contribution in [0, 0.1) is 0 Å². The van der Waals surface area contributed by atoms with Crippen molar-refractivity contribution in [2.45, 2.75) is 6.54 Å². The number of carbonyl (C=O) groups excluding carboxylic acids is 1. The normalized spacial score (nSPS) is 10.8. The van der Waals surface area contributed by atoms with Crippen molar-refractivity contribution in [2.24, 2.45) is 0 Å². The molecule has 5 rings (SSSR count). The van der Waals surface area contributed by atoms with Crippen molar-refractivity contribution in [3.05, 3.63) is 108 Å². The molecule has 2 heterocycles. The van der Waals surface area contributed by atoms with Gasteiger partial charge in [0.15, 0.2) is 0 Å². The molecule has 0 unspecified atom stereocenters. The molecule has 0 saturated heterocycles. The van der Waals surface area contributed by atoms with Crippen molar-refractivity contribution in [3.8, 4) is 11.6 Å². The van der Waals surface area contributed by atoms with Crippen molar-refractivity contribution in [2.75, 3.05) is 0 Å². The molecule has 0 aliphatic carbocycles. The van der Waals surface area contributed by atoms with Crippen molar-refractivity contribution in [3.63, 3.8) is 0 Å². The van der Waals surface area contributed by atoms with Crippen LogP contribution in [0.4, 0.5) is 0 Å². The molecular formula is C26H19N3O2. The quantitative estimate of drug-likeness (QED) is 0.392. The molecule has 0 fully saturated rings. The minimum Gasteiger partial charge on any atom is -0.439 e. The predicted molar refractivity (Wildman–Crippen MR) is 121 cm³/mol. The summed E-state index contributed by atoms with van der Waals surface area (Å²) in [6, 6.07) is 28.6. The van der Waals surface area contributed by atoms with Gasteiger partial charge in [-0.1, -0.05) is 54.6 Å². The highest BCUT2D eigenvalue weighted by Crippen LogP contribution is 2.26. The van der Waals surface area contributed by atoms with Gasteiger partial charge in [0.2, 0.25) is 5.88 Å². The second kappa shape index (κ2) is 8.24. The number of para-hydroxylation sites is 2. The van der Waals surface area contributed by atoms with Crippen LogP contribution < -0.4 is 10.1 Å². The molecule has 0 aliphatic heterocycles. The summed E-state index contributed by atoms with van der Waals surface area (Å²) >= 11 is 0. The van der Waals surface area contributed by atoms with E-state index < -0.39 is 0 Å². The number of nitrogens with one attached hydrogen (secondary N) is 1. The summed E-state index contributed by atoms with van der Waals surface area (Å²) in [6.45, 7) is 0.378. The summed E-state index contributed by atoms with van der Waals surface area (Å²) in [4.78, 5) is 22.1. The number of carbonyl (C=O) groups is 1. The third-order valence-electron chi connectivity index (χ3n) is 5.03. The highest BCUT2D eigenvalue weighted by atomic mass is 16.5. The molecule has 0 bridgehead atoms. The number of fused-ring (bicyclic) bond motifs is 2. The Labute approximate surface area is 179 Å². The fraction of sp³-hybridized carbons (Fsp3) is 0.0385. The Kier molecular flexibility index (Phi) is 4.99. The summed E-state index contributed by atoms with van der Waals surface area (Å²) < 4.78 is 5.79. The van der Waals surface area contributed by atoms with Crippen LogP contribution in [0.1, 0.15) is 15.9 Å². The molecule has 0 saturated carbocycles. The molecule has 0 radical (unpaired) electrons. The molecular weight excluding hydrogens is 386 g/mol. The van der Waals surface area contributed by atoms with Crippen LogP contribution in [0.15, 0.2) is 97.2 Å². The van der Waals surface area contributed by atoms with E-state index in [-0.39, 0.29) is 5.91 Å². The van der Waals surface area contributed by atoms with Gasteiger partial charge in [-0.2, -0.15) is 0 Å². The van der Waals surface area contributed by atoms with Gasteiger partial charge in [0.1, 0.15) is 5.75 Å². The van der Waals surface area contributed by atoms with Gasteiger partial charge in [-0.3, -0.25) is 4.79 Å². The average molecular weight is 405 g/mol. The lowest BCUT2D eigenvalue weighted by Crippen LogP contribution is -2.23. The Morgan fingerprint density at radius 3 is 2.23 bits per heavy atom. The van der Waals surface area contributed by atoms with E-state index in [4.69, 9.17) is 4.74 Å². The van der Waals surface area contributed by atoms with E-state index in [9.17, 15) is 4.79 Å². The summed E-state index contributed by atoms with van der Waals surface area (Å²) in [5.74, 6) is 1.06. The zero-order valence-electron chi connectivity index (χ0n) is 16.7. The lowest BCUT2D eigenvalue weighted by molar-refractivity contribution is 0.0954. The van der Waals surface area contributed by atoms with Gasteiger partial charge in [-0.05, 0) is 35.9 Å². The monoisotopic (exact) mass is 405 g/mol. The molecule has 2 aromatic heterocycles. The number of pyridine rings is 2. The first-order valence-electron chi connectivity index (χ1n) is 10.0. The summed E-state index contributed by atoms with van der Waals surface area (Å²) in [5.41, 5.74) is 3.18. The van der Waals surface area contributed by atoms with E-state index in [0.717, 1.165) is 27.4 Å². The zero-order valence-corrected chi connectivity index (χ0v) is 16.7. The second-order valence-electron chi connectivity index (χ2n) is 7.12. The Bertz CT molecular complexity index is 1330. The van der Waals surface area contributed by atoms with Crippen molar-refractivity contribution < 1.29 is 9.53 Å². The minimum atomic E-state index is -0.133. The van der Waals surface area contributed by atoms with E-state index in [1.165, 1.54) is 0 Å². The molecule has 150 valence electrons. The largest absolute Gasteiger partial charge is 0.439 e. The molecule has 0 aliphatic rings. The van der Waals surface area contributed by atoms with Gasteiger partial charge in [-0.25, -0.2) is 9.97 Å². The number of hydrogen-bond donors (Lipinski definition) is 1. The molecule has 1 N–H and O–H groups in total. The van der Waals surface area contributed by atoms with Crippen LogP contribution in [0.3, 0.4) is 0 Å². The van der Waals surface area contributed by atoms with E-state index in [0.29, 0.717) is 23.7 Å². The van der Waals surface area contributed by atoms with Crippen molar-refractivity contribution in [1.82, 2.24) is 15.3 Å². The Morgan fingerprint density at radius 2 is 1.52 bits per heavy atom. The van der Waals surface area contributed by atoms with Crippen LogP contribution in [0.5, 0.6) is 11.6 Å². The fourth-order valence-electron chi connectivity index (χ4n) is 3.60. The first-order chi connectivity index (χ1) is 15.3. The third-order valence-corrected chi connectivity index (χ3v) is 5.03. The van der Waals surface area contributed by atoms with Gasteiger partial charge in [0.05, 0.1) is 16.6 Å². The number of amides is 1. The highest BCUT2D eigenvalue weighted by molar-refractivity contribution is 6.16. The average Bonchev–Trinajstić information content (AvgIpc) is 2.82. The van der Waals surface area contributed by atoms with Crippen LogP contribution in [-0.2, 0) is 6.54 Å². The summed E-state index contributed by atoms with van der Waals surface area (Å²) in [6.07, 6.45) is 1.68. The van der Waals surface area contributed by atoms with E-state index in [1.807, 2.05) is 84.9 Å². The van der Waals surface area contributed by atoms with Crippen molar-refractivity contribution in [1.29, 1.82) is 0 Å². The first-order valence-corrected chi connectivity index (χ1v) is 10.0. The number of hydrogen-bond acceptors (Lipinski definition) is 4. The van der Waals surface area contributed by atoms with Crippen LogP contribution in [-0.4, -0.2) is 15.9 Å². The maximum atomic E-state index is 13.2. The highest BCUT2D eigenvalue weighted by Gasteiger charge is 2.15. The van der Waals surface area contributed by atoms with Gasteiger partial charge in [0.25, 0.3) is 5.91 Å².